The van der Waals surface area contributed by atoms with E-state index in [1.54, 1.807) is 0 Å². The molecule has 1 aliphatic heterocycles. The summed E-state index contributed by atoms with van der Waals surface area (Å²) in [7, 11) is 0. The highest BCUT2D eigenvalue weighted by atomic mass is 16.5. The van der Waals surface area contributed by atoms with E-state index >= 15 is 0 Å². The monoisotopic (exact) mass is 300 g/mol. The summed E-state index contributed by atoms with van der Waals surface area (Å²) in [6.45, 7) is 5.07. The number of hydrogen-bond acceptors (Lipinski definition) is 3. The molecule has 5 rings (SSSR count). The van der Waals surface area contributed by atoms with Crippen LogP contribution in [0.2, 0.25) is 0 Å². The molecule has 2 aromatic heterocycles. The number of ether oxygens (including phenoxy) is 1. The average molecular weight is 300 g/mol. The van der Waals surface area contributed by atoms with Crippen LogP contribution in [0.4, 0.5) is 0 Å². The Kier molecular flexibility index (Phi) is 2.34. The Labute approximate surface area is 135 Å². The molecule has 2 aliphatic rings. The van der Waals surface area contributed by atoms with Crippen LogP contribution in [0.3, 0.4) is 0 Å². The molecule has 0 atom stereocenters. The summed E-state index contributed by atoms with van der Waals surface area (Å²) >= 11 is 0. The fourth-order valence-electron chi connectivity index (χ4n) is 4.00. The Bertz CT molecular complexity index is 960. The van der Waals surface area contributed by atoms with E-state index < -0.39 is 0 Å². The maximum absolute atomic E-state index is 5.98. The summed E-state index contributed by atoms with van der Waals surface area (Å²) < 4.78 is 5.98. The molecule has 0 bridgehead atoms. The third-order valence-electron chi connectivity index (χ3n) is 5.05. The van der Waals surface area contributed by atoms with Gasteiger partial charge in [0, 0.05) is 34.5 Å². The number of aromatic nitrogens is 2. The molecule has 0 saturated carbocycles. The fraction of sp³-hybridized carbons (Fsp3) is 0.200. The minimum Gasteiger partial charge on any atom is -0.487 e. The second-order valence-corrected chi connectivity index (χ2v) is 6.67. The van der Waals surface area contributed by atoms with Crippen molar-refractivity contribution < 1.29 is 4.74 Å². The molecule has 3 aromatic rings. The fourth-order valence-corrected chi connectivity index (χ4v) is 4.00. The van der Waals surface area contributed by atoms with E-state index in [9.17, 15) is 0 Å². The first-order chi connectivity index (χ1) is 11.2. The molecule has 0 unspecified atom stereocenters. The maximum Gasteiger partial charge on any atom is 0.131 e. The number of rotatable bonds is 0. The van der Waals surface area contributed by atoms with Crippen LogP contribution in [0.5, 0.6) is 5.75 Å². The average Bonchev–Trinajstić information content (AvgIpc) is 2.83. The van der Waals surface area contributed by atoms with Gasteiger partial charge >= 0.3 is 0 Å². The van der Waals surface area contributed by atoms with Crippen molar-refractivity contribution in [3.8, 4) is 28.1 Å². The summed E-state index contributed by atoms with van der Waals surface area (Å²) in [5.74, 6) is 0.949. The maximum atomic E-state index is 5.98. The highest BCUT2D eigenvalue weighted by molar-refractivity contribution is 5.90. The second-order valence-electron chi connectivity index (χ2n) is 6.67. The van der Waals surface area contributed by atoms with E-state index in [1.165, 1.54) is 27.8 Å². The molecule has 3 nitrogen and oxygen atoms in total. The van der Waals surface area contributed by atoms with E-state index in [0.717, 1.165) is 17.1 Å². The normalized spacial score (nSPS) is 15.9. The molecule has 0 saturated heterocycles. The molecule has 3 heteroatoms. The van der Waals surface area contributed by atoms with Gasteiger partial charge in [-0.3, -0.25) is 9.97 Å². The SMILES string of the molecule is CC1(C)c2cccnc2-c2ccc3c(c21)-c1cccnc1CO3. The summed E-state index contributed by atoms with van der Waals surface area (Å²) in [4.78, 5) is 9.14. The molecule has 23 heavy (non-hydrogen) atoms. The van der Waals surface area contributed by atoms with Gasteiger partial charge < -0.3 is 4.74 Å². The first-order valence-corrected chi connectivity index (χ1v) is 7.88. The van der Waals surface area contributed by atoms with Gasteiger partial charge in [-0.1, -0.05) is 26.0 Å². The standard InChI is InChI=1S/C20H16N2O/c1-20(2)14-6-4-10-22-19(14)13-7-8-16-17(18(13)20)12-5-3-9-21-15(12)11-23-16/h3-10H,11H2,1-2H3. The second kappa shape index (κ2) is 4.19. The molecular formula is C20H16N2O. The lowest BCUT2D eigenvalue weighted by Crippen LogP contribution is -2.18. The van der Waals surface area contributed by atoms with Crippen LogP contribution in [-0.4, -0.2) is 9.97 Å². The Morgan fingerprint density at radius 2 is 1.78 bits per heavy atom. The zero-order chi connectivity index (χ0) is 15.6. The van der Waals surface area contributed by atoms with Crippen molar-refractivity contribution in [3.63, 3.8) is 0 Å². The van der Waals surface area contributed by atoms with Crippen molar-refractivity contribution in [1.29, 1.82) is 0 Å². The first kappa shape index (κ1) is 12.8. The van der Waals surface area contributed by atoms with Crippen LogP contribution in [0, 0.1) is 0 Å². The Hall–Kier alpha value is -2.68. The van der Waals surface area contributed by atoms with Crippen LogP contribution in [0.15, 0.2) is 48.8 Å². The smallest absolute Gasteiger partial charge is 0.131 e. The number of benzene rings is 1. The lowest BCUT2D eigenvalue weighted by Gasteiger charge is -2.28. The zero-order valence-corrected chi connectivity index (χ0v) is 13.1. The van der Waals surface area contributed by atoms with E-state index in [1.807, 2.05) is 24.5 Å². The molecule has 0 spiro atoms. The van der Waals surface area contributed by atoms with Gasteiger partial charge in [-0.2, -0.15) is 0 Å². The van der Waals surface area contributed by atoms with Crippen LogP contribution in [-0.2, 0) is 12.0 Å². The van der Waals surface area contributed by atoms with Crippen molar-refractivity contribution >= 4 is 0 Å². The summed E-state index contributed by atoms with van der Waals surface area (Å²) in [5.41, 5.74) is 8.16. The van der Waals surface area contributed by atoms with E-state index in [2.05, 4.69) is 48.1 Å². The van der Waals surface area contributed by atoms with Crippen LogP contribution < -0.4 is 4.74 Å². The Morgan fingerprint density at radius 1 is 0.957 bits per heavy atom. The van der Waals surface area contributed by atoms with Gasteiger partial charge in [-0.25, -0.2) is 0 Å². The minimum absolute atomic E-state index is 0.0991. The zero-order valence-electron chi connectivity index (χ0n) is 13.1. The lowest BCUT2D eigenvalue weighted by atomic mass is 9.78. The van der Waals surface area contributed by atoms with Gasteiger partial charge in [0.05, 0.1) is 11.4 Å². The minimum atomic E-state index is -0.0991. The molecule has 0 radical (unpaired) electrons. The van der Waals surface area contributed by atoms with Gasteiger partial charge in [0.15, 0.2) is 0 Å². The molecule has 0 fully saturated rings. The van der Waals surface area contributed by atoms with Gasteiger partial charge in [-0.05, 0) is 35.4 Å². The third-order valence-corrected chi connectivity index (χ3v) is 5.05. The van der Waals surface area contributed by atoms with Gasteiger partial charge in [0.2, 0.25) is 0 Å². The largest absolute Gasteiger partial charge is 0.487 e. The molecule has 1 aromatic carbocycles. The number of fused-ring (bicyclic) bond motifs is 7. The Morgan fingerprint density at radius 3 is 2.70 bits per heavy atom. The van der Waals surface area contributed by atoms with Crippen LogP contribution in [0.25, 0.3) is 22.4 Å². The summed E-state index contributed by atoms with van der Waals surface area (Å²) in [6, 6.07) is 12.6. The molecule has 0 N–H and O–H groups in total. The third kappa shape index (κ3) is 1.54. The van der Waals surface area contributed by atoms with E-state index in [4.69, 9.17) is 4.74 Å². The molecule has 112 valence electrons. The predicted octanol–water partition coefficient (Wildman–Crippen LogP) is 4.34. The molecule has 3 heterocycles. The van der Waals surface area contributed by atoms with Crippen molar-refractivity contribution in [1.82, 2.24) is 9.97 Å². The highest BCUT2D eigenvalue weighted by Crippen LogP contribution is 2.54. The van der Waals surface area contributed by atoms with E-state index in [0.29, 0.717) is 6.61 Å². The van der Waals surface area contributed by atoms with Gasteiger partial charge in [0.1, 0.15) is 12.4 Å². The molecule has 1 aliphatic carbocycles. The van der Waals surface area contributed by atoms with Gasteiger partial charge in [0.25, 0.3) is 0 Å². The number of nitrogens with zero attached hydrogens (tertiary/aromatic N) is 2. The highest BCUT2D eigenvalue weighted by Gasteiger charge is 2.40. The Balaban J connectivity index is 1.91. The quantitative estimate of drug-likeness (QED) is 0.619. The van der Waals surface area contributed by atoms with E-state index in [-0.39, 0.29) is 5.41 Å². The lowest BCUT2D eigenvalue weighted by molar-refractivity contribution is 0.296. The first-order valence-electron chi connectivity index (χ1n) is 7.88. The van der Waals surface area contributed by atoms with Crippen LogP contribution >= 0.6 is 0 Å². The van der Waals surface area contributed by atoms with Crippen molar-refractivity contribution in [2.75, 3.05) is 0 Å². The number of hydrogen-bond donors (Lipinski definition) is 0. The topological polar surface area (TPSA) is 35.0 Å². The van der Waals surface area contributed by atoms with Crippen molar-refractivity contribution in [2.45, 2.75) is 25.9 Å². The molecule has 0 amide bonds. The number of pyridine rings is 2. The summed E-state index contributed by atoms with van der Waals surface area (Å²) in [5, 5.41) is 0. The van der Waals surface area contributed by atoms with Crippen molar-refractivity contribution in [3.05, 3.63) is 65.6 Å². The summed E-state index contributed by atoms with van der Waals surface area (Å²) in [6.07, 6.45) is 3.70. The van der Waals surface area contributed by atoms with Crippen molar-refractivity contribution in [2.24, 2.45) is 0 Å². The van der Waals surface area contributed by atoms with Gasteiger partial charge in [-0.15, -0.1) is 0 Å². The molecular weight excluding hydrogens is 284 g/mol. The predicted molar refractivity (Wildman–Crippen MR) is 89.4 cm³/mol. The van der Waals surface area contributed by atoms with Crippen LogP contribution in [0.1, 0.15) is 30.7 Å².